The summed E-state index contributed by atoms with van der Waals surface area (Å²) in [6.45, 7) is 10.5. The molecule has 1 fully saturated rings. The van der Waals surface area contributed by atoms with Crippen LogP contribution >= 0.6 is 0 Å². The predicted octanol–water partition coefficient (Wildman–Crippen LogP) is 2.21. The molecule has 0 bridgehead atoms. The molecule has 1 atom stereocenters. The van der Waals surface area contributed by atoms with Crippen molar-refractivity contribution >= 4 is 4.35 Å². The van der Waals surface area contributed by atoms with Crippen LogP contribution in [-0.4, -0.2) is 35.1 Å². The molecule has 3 heteroatoms. The first kappa shape index (κ1) is 14.4. The standard InChI is InChI=1S/C9H17NO.C2H6.V/c1-4-10-7-5-6-9(2,8-10)11-3;1-2;/h5-8H2,1-3H3;1-2H3;. The Bertz CT molecular complexity index is 184. The first-order valence-corrected chi connectivity index (χ1v) is 6.10. The number of likely N-dealkylation sites (tertiary alicyclic amines) is 1. The van der Waals surface area contributed by atoms with Gasteiger partial charge in [-0.3, -0.25) is 0 Å². The third-order valence-electron chi connectivity index (χ3n) is 2.61. The van der Waals surface area contributed by atoms with E-state index in [9.17, 15) is 0 Å². The average Bonchev–Trinajstić information content (AvgIpc) is 2.21. The van der Waals surface area contributed by atoms with Gasteiger partial charge >= 0.3 is 83.5 Å². The zero-order valence-electron chi connectivity index (χ0n) is 10.1. The number of hydrogen-bond donors (Lipinski definition) is 0. The Morgan fingerprint density at radius 3 is 2.43 bits per heavy atom. The van der Waals surface area contributed by atoms with Gasteiger partial charge in [0.1, 0.15) is 0 Å². The molecule has 2 nitrogen and oxygen atoms in total. The molecule has 1 heterocycles. The molecule has 0 aliphatic carbocycles. The molecule has 0 N–H and O–H groups in total. The fourth-order valence-corrected chi connectivity index (χ4v) is 1.92. The maximum atomic E-state index is 5.50. The van der Waals surface area contributed by atoms with Crippen molar-refractivity contribution < 1.29 is 21.7 Å². The molecule has 1 unspecified atom stereocenters. The number of methoxy groups -OCH3 is 1. The van der Waals surface area contributed by atoms with Crippen molar-refractivity contribution in [1.29, 1.82) is 0 Å². The van der Waals surface area contributed by atoms with Gasteiger partial charge < -0.3 is 0 Å². The summed E-state index contributed by atoms with van der Waals surface area (Å²) in [5.41, 5.74) is 0.0689. The Hall–Kier alpha value is 0.374. The van der Waals surface area contributed by atoms with Crippen molar-refractivity contribution in [3.05, 3.63) is 0 Å². The first-order chi connectivity index (χ1) is 6.57. The Kier molecular flexibility index (Phi) is 6.97. The van der Waals surface area contributed by atoms with Gasteiger partial charge in [0.15, 0.2) is 0 Å². The van der Waals surface area contributed by atoms with Gasteiger partial charge in [-0.15, -0.1) is 0 Å². The third-order valence-corrected chi connectivity index (χ3v) is 3.05. The summed E-state index contributed by atoms with van der Waals surface area (Å²) in [5.74, 6) is 0. The number of rotatable bonds is 2. The molecule has 0 aromatic rings. The van der Waals surface area contributed by atoms with E-state index in [1.807, 2.05) is 21.0 Å². The van der Waals surface area contributed by atoms with Crippen LogP contribution in [0.15, 0.2) is 0 Å². The Morgan fingerprint density at radius 2 is 2.00 bits per heavy atom. The third kappa shape index (κ3) is 4.27. The second-order valence-electron chi connectivity index (χ2n) is 3.73. The first-order valence-electron chi connectivity index (χ1n) is 5.40. The molecule has 1 aliphatic heterocycles. The number of nitrogens with zero attached hydrogens (tertiary/aromatic N) is 1. The molecule has 1 saturated heterocycles. The summed E-state index contributed by atoms with van der Waals surface area (Å²) in [6.07, 6.45) is 2.42. The molecular weight excluding hydrogens is 213 g/mol. The van der Waals surface area contributed by atoms with Crippen LogP contribution in [0.25, 0.3) is 0 Å². The normalized spacial score (nSPS) is 27.7. The van der Waals surface area contributed by atoms with Gasteiger partial charge in [0, 0.05) is 0 Å². The van der Waals surface area contributed by atoms with Crippen LogP contribution in [0, 0.1) is 0 Å². The van der Waals surface area contributed by atoms with Crippen LogP contribution in [0.3, 0.4) is 0 Å². The van der Waals surface area contributed by atoms with E-state index in [0.717, 1.165) is 6.54 Å². The molecule has 0 saturated carbocycles. The zero-order chi connectivity index (χ0) is 11.2. The second-order valence-corrected chi connectivity index (χ2v) is 4.74. The van der Waals surface area contributed by atoms with Gasteiger partial charge in [0.2, 0.25) is 0 Å². The fourth-order valence-electron chi connectivity index (χ4n) is 1.65. The quantitative estimate of drug-likeness (QED) is 0.729. The summed E-state index contributed by atoms with van der Waals surface area (Å²) in [5, 5.41) is 0. The number of hydrogen-bond acceptors (Lipinski definition) is 2. The number of piperidine rings is 1. The van der Waals surface area contributed by atoms with Crippen molar-refractivity contribution in [3.8, 4) is 0 Å². The van der Waals surface area contributed by atoms with Gasteiger partial charge in [0.05, 0.1) is 0 Å². The van der Waals surface area contributed by atoms with E-state index in [0.29, 0.717) is 0 Å². The Morgan fingerprint density at radius 1 is 1.43 bits per heavy atom. The van der Waals surface area contributed by atoms with E-state index in [-0.39, 0.29) is 5.60 Å². The minimum absolute atomic E-state index is 0.0689. The van der Waals surface area contributed by atoms with Crippen LogP contribution < -0.4 is 0 Å². The summed E-state index contributed by atoms with van der Waals surface area (Å²) in [6, 6.07) is 0. The van der Waals surface area contributed by atoms with E-state index in [4.69, 9.17) is 4.74 Å². The molecular formula is C11H23NOV. The van der Waals surface area contributed by atoms with Gasteiger partial charge in [-0.05, 0) is 0 Å². The predicted molar refractivity (Wildman–Crippen MR) is 58.3 cm³/mol. The van der Waals surface area contributed by atoms with Gasteiger partial charge in [-0.1, -0.05) is 13.8 Å². The molecule has 0 spiro atoms. The average molecular weight is 236 g/mol. The zero-order valence-corrected chi connectivity index (χ0v) is 11.5. The topological polar surface area (TPSA) is 12.5 Å². The second kappa shape index (κ2) is 6.78. The number of ether oxygens (including phenoxy) is 1. The molecule has 0 amide bonds. The molecule has 1 aliphatic rings. The molecule has 0 radical (unpaired) electrons. The Balaban J connectivity index is 0.000000791. The van der Waals surface area contributed by atoms with Crippen LogP contribution in [0.5, 0.6) is 0 Å². The summed E-state index contributed by atoms with van der Waals surface area (Å²) in [4.78, 5) is 2.38. The summed E-state index contributed by atoms with van der Waals surface area (Å²) in [7, 11) is 1.81. The van der Waals surface area contributed by atoms with Crippen molar-refractivity contribution in [2.75, 3.05) is 20.2 Å². The summed E-state index contributed by atoms with van der Waals surface area (Å²) < 4.78 is 6.84. The van der Waals surface area contributed by atoms with E-state index < -0.39 is 0 Å². The van der Waals surface area contributed by atoms with Crippen molar-refractivity contribution in [3.63, 3.8) is 0 Å². The Labute approximate surface area is 97.5 Å². The SMILES string of the molecule is CC.COC1(C)CCCN([C](C)=[V])C1. The molecule has 1 rings (SSSR count). The summed E-state index contributed by atoms with van der Waals surface area (Å²) >= 11 is 2.61. The van der Waals surface area contributed by atoms with Crippen molar-refractivity contribution in [1.82, 2.24) is 4.90 Å². The maximum absolute atomic E-state index is 5.50. The molecule has 14 heavy (non-hydrogen) atoms. The van der Waals surface area contributed by atoms with Crippen molar-refractivity contribution in [2.45, 2.75) is 46.1 Å². The van der Waals surface area contributed by atoms with Crippen LogP contribution in [0.2, 0.25) is 0 Å². The monoisotopic (exact) mass is 236 g/mol. The van der Waals surface area contributed by atoms with Crippen molar-refractivity contribution in [2.24, 2.45) is 0 Å². The van der Waals surface area contributed by atoms with Gasteiger partial charge in [-0.25, -0.2) is 0 Å². The van der Waals surface area contributed by atoms with E-state index in [1.165, 1.54) is 23.7 Å². The van der Waals surface area contributed by atoms with Gasteiger partial charge in [-0.2, -0.15) is 0 Å². The van der Waals surface area contributed by atoms with Crippen LogP contribution in [0.1, 0.15) is 40.5 Å². The van der Waals surface area contributed by atoms with Crippen LogP contribution in [0.4, 0.5) is 0 Å². The van der Waals surface area contributed by atoms with Crippen LogP contribution in [-0.2, 0) is 21.7 Å². The van der Waals surface area contributed by atoms with E-state index >= 15 is 0 Å². The fraction of sp³-hybridized carbons (Fsp3) is 0.909. The van der Waals surface area contributed by atoms with E-state index in [2.05, 4.69) is 35.7 Å². The molecule has 83 valence electrons. The molecule has 0 aromatic carbocycles. The van der Waals surface area contributed by atoms with E-state index in [1.54, 1.807) is 0 Å². The minimum atomic E-state index is 0.0689. The molecule has 0 aromatic heterocycles. The van der Waals surface area contributed by atoms with Gasteiger partial charge in [0.25, 0.3) is 0 Å².